The molecule has 28 heavy (non-hydrogen) atoms. The van der Waals surface area contributed by atoms with Gasteiger partial charge in [-0.05, 0) is 42.2 Å². The van der Waals surface area contributed by atoms with E-state index >= 15 is 0 Å². The van der Waals surface area contributed by atoms with Crippen LogP contribution >= 0.6 is 0 Å². The third kappa shape index (κ3) is 3.96. The van der Waals surface area contributed by atoms with Crippen LogP contribution in [0.2, 0.25) is 0 Å². The van der Waals surface area contributed by atoms with Crippen LogP contribution in [0.25, 0.3) is 10.9 Å². The zero-order valence-electron chi connectivity index (χ0n) is 16.3. The fourth-order valence-corrected chi connectivity index (χ4v) is 4.50. The first-order chi connectivity index (χ1) is 13.6. The molecule has 4 rings (SSSR count). The number of aryl methyl sites for hydroxylation is 1. The summed E-state index contributed by atoms with van der Waals surface area (Å²) in [7, 11) is 2.01. The highest BCUT2D eigenvalue weighted by Gasteiger charge is 2.24. The molecular formula is C24H27FN2O. The van der Waals surface area contributed by atoms with Gasteiger partial charge in [0, 0.05) is 42.5 Å². The lowest BCUT2D eigenvalue weighted by Crippen LogP contribution is -2.36. The summed E-state index contributed by atoms with van der Waals surface area (Å²) < 4.78 is 16.0. The second-order valence-electron chi connectivity index (χ2n) is 7.93. The predicted octanol–water partition coefficient (Wildman–Crippen LogP) is 5.29. The number of hydrogen-bond donors (Lipinski definition) is 1. The standard InChI is InChI=1S/C24H27FN2O/c1-27-16-22(20-12-5-6-13-23(20)27)21(17-8-7-9-18(25)14-17)15-24(28)26-19-10-3-2-4-11-19/h5-9,12-14,16,19,21H,2-4,10-11,15H2,1H3,(H,26,28). The Kier molecular flexibility index (Phi) is 5.47. The SMILES string of the molecule is Cn1cc(C(CC(=O)NC2CCCCC2)c2cccc(F)c2)c2ccccc21. The lowest BCUT2D eigenvalue weighted by atomic mass is 9.87. The zero-order valence-corrected chi connectivity index (χ0v) is 16.3. The molecule has 1 aliphatic rings. The van der Waals surface area contributed by atoms with E-state index < -0.39 is 0 Å². The van der Waals surface area contributed by atoms with Crippen molar-refractivity contribution >= 4 is 16.8 Å². The van der Waals surface area contributed by atoms with E-state index in [0.29, 0.717) is 6.42 Å². The van der Waals surface area contributed by atoms with Crippen LogP contribution in [0.15, 0.2) is 54.7 Å². The molecule has 1 atom stereocenters. The maximum absolute atomic E-state index is 14.0. The number of carbonyl (C=O) groups excluding carboxylic acids is 1. The molecule has 1 heterocycles. The monoisotopic (exact) mass is 378 g/mol. The van der Waals surface area contributed by atoms with Crippen molar-refractivity contribution in [2.75, 3.05) is 0 Å². The molecule has 0 spiro atoms. The van der Waals surface area contributed by atoms with Crippen molar-refractivity contribution in [1.82, 2.24) is 9.88 Å². The summed E-state index contributed by atoms with van der Waals surface area (Å²) in [5.74, 6) is -0.394. The van der Waals surface area contributed by atoms with Crippen LogP contribution in [0.1, 0.15) is 55.6 Å². The van der Waals surface area contributed by atoms with Crippen LogP contribution in [-0.4, -0.2) is 16.5 Å². The fraction of sp³-hybridized carbons (Fsp3) is 0.375. The van der Waals surface area contributed by atoms with E-state index in [9.17, 15) is 9.18 Å². The van der Waals surface area contributed by atoms with E-state index in [2.05, 4.69) is 28.2 Å². The minimum absolute atomic E-state index is 0.0501. The first kappa shape index (κ1) is 18.7. The quantitative estimate of drug-likeness (QED) is 0.643. The van der Waals surface area contributed by atoms with Gasteiger partial charge in [0.25, 0.3) is 0 Å². The maximum atomic E-state index is 14.0. The lowest BCUT2D eigenvalue weighted by molar-refractivity contribution is -0.122. The minimum atomic E-state index is -0.268. The number of rotatable bonds is 5. The Morgan fingerprint density at radius 2 is 1.93 bits per heavy atom. The predicted molar refractivity (Wildman–Crippen MR) is 111 cm³/mol. The molecule has 0 aliphatic heterocycles. The van der Waals surface area contributed by atoms with Gasteiger partial charge < -0.3 is 9.88 Å². The van der Waals surface area contributed by atoms with Crippen molar-refractivity contribution in [2.45, 2.75) is 50.5 Å². The van der Waals surface area contributed by atoms with Gasteiger partial charge in [-0.1, -0.05) is 49.6 Å². The Morgan fingerprint density at radius 1 is 1.14 bits per heavy atom. The smallest absolute Gasteiger partial charge is 0.221 e. The molecule has 1 aromatic heterocycles. The number of nitrogens with zero attached hydrogens (tertiary/aromatic N) is 1. The molecule has 0 saturated heterocycles. The highest BCUT2D eigenvalue weighted by Crippen LogP contribution is 2.34. The van der Waals surface area contributed by atoms with Crippen molar-refractivity contribution in [3.05, 3.63) is 71.7 Å². The Bertz CT molecular complexity index is 972. The topological polar surface area (TPSA) is 34.0 Å². The third-order valence-electron chi connectivity index (χ3n) is 5.91. The molecule has 1 fully saturated rings. The number of nitrogens with one attached hydrogen (secondary N) is 1. The van der Waals surface area contributed by atoms with Crippen molar-refractivity contribution < 1.29 is 9.18 Å². The van der Waals surface area contributed by atoms with Crippen LogP contribution in [0.3, 0.4) is 0 Å². The average molecular weight is 378 g/mol. The Labute approximate surface area is 165 Å². The molecule has 1 saturated carbocycles. The van der Waals surface area contributed by atoms with Gasteiger partial charge in [0.1, 0.15) is 5.82 Å². The van der Waals surface area contributed by atoms with Gasteiger partial charge in [0.05, 0.1) is 0 Å². The number of para-hydroxylation sites is 1. The molecule has 1 unspecified atom stereocenters. The molecular weight excluding hydrogens is 351 g/mol. The van der Waals surface area contributed by atoms with Crippen LogP contribution in [0, 0.1) is 5.82 Å². The van der Waals surface area contributed by atoms with Gasteiger partial charge in [-0.3, -0.25) is 4.79 Å². The molecule has 4 heteroatoms. The summed E-state index contributed by atoms with van der Waals surface area (Å²) >= 11 is 0. The van der Waals surface area contributed by atoms with Crippen molar-refractivity contribution in [3.63, 3.8) is 0 Å². The number of aromatic nitrogens is 1. The summed E-state index contributed by atoms with van der Waals surface area (Å²) in [4.78, 5) is 12.9. The summed E-state index contributed by atoms with van der Waals surface area (Å²) in [5, 5.41) is 4.33. The van der Waals surface area contributed by atoms with Gasteiger partial charge in [-0.15, -0.1) is 0 Å². The summed E-state index contributed by atoms with van der Waals surface area (Å²) in [6.45, 7) is 0. The fourth-order valence-electron chi connectivity index (χ4n) is 4.50. The molecule has 1 N–H and O–H groups in total. The number of hydrogen-bond acceptors (Lipinski definition) is 1. The Balaban J connectivity index is 1.67. The van der Waals surface area contributed by atoms with Crippen molar-refractivity contribution in [1.29, 1.82) is 0 Å². The number of halogens is 1. The van der Waals surface area contributed by atoms with Crippen molar-refractivity contribution in [3.8, 4) is 0 Å². The minimum Gasteiger partial charge on any atom is -0.353 e. The second-order valence-corrected chi connectivity index (χ2v) is 7.93. The second kappa shape index (κ2) is 8.17. The molecule has 1 amide bonds. The molecule has 146 valence electrons. The summed E-state index contributed by atoms with van der Waals surface area (Å²) in [6, 6.07) is 15.1. The van der Waals surface area contributed by atoms with Gasteiger partial charge in [-0.2, -0.15) is 0 Å². The number of carbonyl (C=O) groups is 1. The Morgan fingerprint density at radius 3 is 2.71 bits per heavy atom. The number of fused-ring (bicyclic) bond motifs is 1. The number of benzene rings is 2. The lowest BCUT2D eigenvalue weighted by Gasteiger charge is -2.24. The molecule has 1 aliphatic carbocycles. The molecule has 0 radical (unpaired) electrons. The highest BCUT2D eigenvalue weighted by atomic mass is 19.1. The van der Waals surface area contributed by atoms with Crippen LogP contribution < -0.4 is 5.32 Å². The summed E-state index contributed by atoms with van der Waals surface area (Å²) in [5.41, 5.74) is 3.03. The largest absolute Gasteiger partial charge is 0.353 e. The highest BCUT2D eigenvalue weighted by molar-refractivity contribution is 5.86. The van der Waals surface area contributed by atoms with Gasteiger partial charge >= 0.3 is 0 Å². The van der Waals surface area contributed by atoms with E-state index in [1.807, 2.05) is 25.2 Å². The zero-order chi connectivity index (χ0) is 19.5. The van der Waals surface area contributed by atoms with Gasteiger partial charge in [-0.25, -0.2) is 4.39 Å². The van der Waals surface area contributed by atoms with E-state index in [1.54, 1.807) is 12.1 Å². The van der Waals surface area contributed by atoms with Crippen LogP contribution in [0.5, 0.6) is 0 Å². The van der Waals surface area contributed by atoms with Gasteiger partial charge in [0.15, 0.2) is 0 Å². The third-order valence-corrected chi connectivity index (χ3v) is 5.91. The van der Waals surface area contributed by atoms with Crippen LogP contribution in [0.4, 0.5) is 4.39 Å². The molecule has 3 aromatic rings. The van der Waals surface area contributed by atoms with E-state index in [1.165, 1.54) is 25.3 Å². The molecule has 0 bridgehead atoms. The Hall–Kier alpha value is -2.62. The maximum Gasteiger partial charge on any atom is 0.221 e. The van der Waals surface area contributed by atoms with Crippen molar-refractivity contribution in [2.24, 2.45) is 7.05 Å². The van der Waals surface area contributed by atoms with E-state index in [-0.39, 0.29) is 23.7 Å². The first-order valence-electron chi connectivity index (χ1n) is 10.2. The number of amides is 1. The average Bonchev–Trinajstić information content (AvgIpc) is 3.04. The molecule has 2 aromatic carbocycles. The molecule has 3 nitrogen and oxygen atoms in total. The normalized spacial score (nSPS) is 16.2. The first-order valence-corrected chi connectivity index (χ1v) is 10.2. The van der Waals surface area contributed by atoms with Gasteiger partial charge in [0.2, 0.25) is 5.91 Å². The summed E-state index contributed by atoms with van der Waals surface area (Å²) in [6.07, 6.45) is 8.15. The van der Waals surface area contributed by atoms with Crippen LogP contribution in [-0.2, 0) is 11.8 Å². The van der Waals surface area contributed by atoms with E-state index in [0.717, 1.165) is 34.9 Å². The van der Waals surface area contributed by atoms with E-state index in [4.69, 9.17) is 0 Å².